The van der Waals surface area contributed by atoms with E-state index in [2.05, 4.69) is 0 Å². The SMILES string of the molecule is CCOc1ccc([C@@](C)(F)C#N)cc1. The van der Waals surface area contributed by atoms with Crippen molar-refractivity contribution in [2.45, 2.75) is 19.5 Å². The van der Waals surface area contributed by atoms with E-state index in [0.717, 1.165) is 0 Å². The Kier molecular flexibility index (Phi) is 3.08. The molecular formula is C11H12FNO. The van der Waals surface area contributed by atoms with Gasteiger partial charge in [-0.05, 0) is 26.0 Å². The molecule has 0 bridgehead atoms. The maximum atomic E-state index is 13.5. The van der Waals surface area contributed by atoms with Gasteiger partial charge in [-0.1, -0.05) is 12.1 Å². The average molecular weight is 193 g/mol. The van der Waals surface area contributed by atoms with Crippen molar-refractivity contribution in [1.82, 2.24) is 0 Å². The van der Waals surface area contributed by atoms with Gasteiger partial charge in [0.15, 0.2) is 0 Å². The van der Waals surface area contributed by atoms with E-state index in [1.807, 2.05) is 6.92 Å². The highest BCUT2D eigenvalue weighted by atomic mass is 19.1. The second kappa shape index (κ2) is 4.10. The van der Waals surface area contributed by atoms with Gasteiger partial charge < -0.3 is 4.74 Å². The van der Waals surface area contributed by atoms with Crippen LogP contribution in [0.15, 0.2) is 24.3 Å². The fraction of sp³-hybridized carbons (Fsp3) is 0.364. The van der Waals surface area contributed by atoms with Crippen LogP contribution >= 0.6 is 0 Å². The van der Waals surface area contributed by atoms with Gasteiger partial charge in [0.05, 0.1) is 6.61 Å². The molecule has 0 aliphatic heterocycles. The molecule has 1 rings (SSSR count). The predicted octanol–water partition coefficient (Wildman–Crippen LogP) is 2.79. The smallest absolute Gasteiger partial charge is 0.218 e. The van der Waals surface area contributed by atoms with Gasteiger partial charge in [-0.15, -0.1) is 0 Å². The number of nitriles is 1. The quantitative estimate of drug-likeness (QED) is 0.739. The van der Waals surface area contributed by atoms with Crippen LogP contribution < -0.4 is 4.74 Å². The third-order valence-electron chi connectivity index (χ3n) is 1.92. The summed E-state index contributed by atoms with van der Waals surface area (Å²) in [5.41, 5.74) is -1.58. The van der Waals surface area contributed by atoms with Crippen molar-refractivity contribution in [3.05, 3.63) is 29.8 Å². The van der Waals surface area contributed by atoms with Crippen LogP contribution in [0.25, 0.3) is 0 Å². The van der Waals surface area contributed by atoms with Crippen LogP contribution in [-0.4, -0.2) is 6.61 Å². The zero-order chi connectivity index (χ0) is 10.6. The highest BCUT2D eigenvalue weighted by Crippen LogP contribution is 2.26. The molecule has 3 heteroatoms. The maximum Gasteiger partial charge on any atom is 0.218 e. The summed E-state index contributed by atoms with van der Waals surface area (Å²) in [7, 11) is 0. The number of rotatable bonds is 3. The Bertz CT molecular complexity index is 337. The molecule has 0 aromatic heterocycles. The van der Waals surface area contributed by atoms with Gasteiger partial charge in [0.1, 0.15) is 11.8 Å². The molecule has 0 N–H and O–H groups in total. The van der Waals surface area contributed by atoms with Crippen LogP contribution in [0.4, 0.5) is 4.39 Å². The fourth-order valence-electron chi connectivity index (χ4n) is 1.10. The Morgan fingerprint density at radius 3 is 2.43 bits per heavy atom. The maximum absolute atomic E-state index is 13.5. The molecule has 0 heterocycles. The summed E-state index contributed by atoms with van der Waals surface area (Å²) in [6.45, 7) is 3.69. The Morgan fingerprint density at radius 2 is 2.00 bits per heavy atom. The first-order valence-corrected chi connectivity index (χ1v) is 4.43. The third kappa shape index (κ3) is 2.23. The molecule has 0 saturated carbocycles. The molecule has 0 amide bonds. The summed E-state index contributed by atoms with van der Waals surface area (Å²) in [5, 5.41) is 8.56. The zero-order valence-electron chi connectivity index (χ0n) is 8.25. The predicted molar refractivity (Wildman–Crippen MR) is 51.7 cm³/mol. The lowest BCUT2D eigenvalue weighted by atomic mass is 10.00. The summed E-state index contributed by atoms with van der Waals surface area (Å²) in [5.74, 6) is 0.685. The minimum atomic E-state index is -1.93. The molecule has 2 nitrogen and oxygen atoms in total. The molecule has 1 atom stereocenters. The summed E-state index contributed by atoms with van der Waals surface area (Å²) in [4.78, 5) is 0. The molecule has 1 aromatic rings. The summed E-state index contributed by atoms with van der Waals surface area (Å²) in [6.07, 6.45) is 0. The Balaban J connectivity index is 2.90. The zero-order valence-corrected chi connectivity index (χ0v) is 8.25. The van der Waals surface area contributed by atoms with E-state index < -0.39 is 5.67 Å². The Labute approximate surface area is 82.9 Å². The van der Waals surface area contributed by atoms with Crippen molar-refractivity contribution in [3.8, 4) is 11.8 Å². The van der Waals surface area contributed by atoms with Crippen LogP contribution in [0, 0.1) is 11.3 Å². The largest absolute Gasteiger partial charge is 0.494 e. The minimum absolute atomic E-state index is 0.350. The van der Waals surface area contributed by atoms with Crippen LogP contribution in [0.1, 0.15) is 19.4 Å². The van der Waals surface area contributed by atoms with Crippen molar-refractivity contribution >= 4 is 0 Å². The number of hydrogen-bond donors (Lipinski definition) is 0. The molecule has 0 saturated heterocycles. The average Bonchev–Trinajstić information content (AvgIpc) is 2.19. The summed E-state index contributed by atoms with van der Waals surface area (Å²) < 4.78 is 18.7. The van der Waals surface area contributed by atoms with E-state index in [0.29, 0.717) is 17.9 Å². The number of halogens is 1. The van der Waals surface area contributed by atoms with Crippen LogP contribution in [-0.2, 0) is 5.67 Å². The number of benzene rings is 1. The number of nitrogens with zero attached hydrogens (tertiary/aromatic N) is 1. The van der Waals surface area contributed by atoms with E-state index in [1.165, 1.54) is 6.92 Å². The van der Waals surface area contributed by atoms with Crippen LogP contribution in [0.3, 0.4) is 0 Å². The van der Waals surface area contributed by atoms with Gasteiger partial charge in [0.25, 0.3) is 0 Å². The van der Waals surface area contributed by atoms with Crippen molar-refractivity contribution in [2.24, 2.45) is 0 Å². The molecule has 0 radical (unpaired) electrons. The van der Waals surface area contributed by atoms with E-state index in [-0.39, 0.29) is 0 Å². The van der Waals surface area contributed by atoms with Crippen molar-refractivity contribution in [2.75, 3.05) is 6.61 Å². The fourth-order valence-corrected chi connectivity index (χ4v) is 1.10. The summed E-state index contributed by atoms with van der Waals surface area (Å²) >= 11 is 0. The molecule has 0 aliphatic rings. The van der Waals surface area contributed by atoms with Crippen molar-refractivity contribution < 1.29 is 9.13 Å². The summed E-state index contributed by atoms with van der Waals surface area (Å²) in [6, 6.07) is 8.05. The highest BCUT2D eigenvalue weighted by Gasteiger charge is 2.24. The minimum Gasteiger partial charge on any atom is -0.494 e. The molecular weight excluding hydrogens is 181 g/mol. The lowest BCUT2D eigenvalue weighted by Gasteiger charge is -2.11. The van der Waals surface area contributed by atoms with E-state index in [1.54, 1.807) is 30.3 Å². The van der Waals surface area contributed by atoms with Crippen LogP contribution in [0.2, 0.25) is 0 Å². The Hall–Kier alpha value is -1.56. The van der Waals surface area contributed by atoms with Crippen molar-refractivity contribution in [3.63, 3.8) is 0 Å². The molecule has 0 spiro atoms. The number of hydrogen-bond acceptors (Lipinski definition) is 2. The highest BCUT2D eigenvalue weighted by molar-refractivity contribution is 5.33. The first-order valence-electron chi connectivity index (χ1n) is 4.43. The molecule has 14 heavy (non-hydrogen) atoms. The second-order valence-corrected chi connectivity index (χ2v) is 3.07. The molecule has 74 valence electrons. The van der Waals surface area contributed by atoms with Gasteiger partial charge in [-0.25, -0.2) is 4.39 Å². The van der Waals surface area contributed by atoms with Gasteiger partial charge in [0.2, 0.25) is 5.67 Å². The third-order valence-corrected chi connectivity index (χ3v) is 1.92. The first-order chi connectivity index (χ1) is 6.60. The molecule has 0 aliphatic carbocycles. The molecule has 1 aromatic carbocycles. The normalized spacial score (nSPS) is 14.1. The topological polar surface area (TPSA) is 33.0 Å². The molecule has 0 unspecified atom stereocenters. The Morgan fingerprint density at radius 1 is 1.43 bits per heavy atom. The van der Waals surface area contributed by atoms with Gasteiger partial charge in [-0.2, -0.15) is 5.26 Å². The van der Waals surface area contributed by atoms with Crippen molar-refractivity contribution in [1.29, 1.82) is 5.26 Å². The number of ether oxygens (including phenoxy) is 1. The monoisotopic (exact) mass is 193 g/mol. The van der Waals surface area contributed by atoms with Gasteiger partial charge in [-0.3, -0.25) is 0 Å². The van der Waals surface area contributed by atoms with E-state index in [4.69, 9.17) is 10.00 Å². The standard InChI is InChI=1S/C11H12FNO/c1-3-14-10-6-4-9(5-7-10)11(2,12)8-13/h4-7H,3H2,1-2H3/t11-/m0/s1. The van der Waals surface area contributed by atoms with Crippen LogP contribution in [0.5, 0.6) is 5.75 Å². The lowest BCUT2D eigenvalue weighted by molar-refractivity contribution is 0.273. The first kappa shape index (κ1) is 10.5. The number of alkyl halides is 1. The van der Waals surface area contributed by atoms with E-state index >= 15 is 0 Å². The lowest BCUT2D eigenvalue weighted by Crippen LogP contribution is -2.11. The van der Waals surface area contributed by atoms with Gasteiger partial charge in [0, 0.05) is 5.56 Å². The molecule has 0 fully saturated rings. The van der Waals surface area contributed by atoms with Gasteiger partial charge >= 0.3 is 0 Å². The van der Waals surface area contributed by atoms with E-state index in [9.17, 15) is 4.39 Å². The second-order valence-electron chi connectivity index (χ2n) is 3.07.